The van der Waals surface area contributed by atoms with Crippen molar-refractivity contribution in [3.05, 3.63) is 106 Å². The van der Waals surface area contributed by atoms with E-state index in [9.17, 15) is 14.0 Å². The van der Waals surface area contributed by atoms with E-state index in [1.807, 2.05) is 55.5 Å². The summed E-state index contributed by atoms with van der Waals surface area (Å²) >= 11 is 0.900. The predicted molar refractivity (Wildman–Crippen MR) is 120 cm³/mol. The maximum Gasteiger partial charge on any atom is 0.293 e. The van der Waals surface area contributed by atoms with Crippen molar-refractivity contribution in [2.24, 2.45) is 0 Å². The first-order valence-corrected chi connectivity index (χ1v) is 10.6. The zero-order chi connectivity index (χ0) is 21.8. The third kappa shape index (κ3) is 5.22. The van der Waals surface area contributed by atoms with Gasteiger partial charge < -0.3 is 4.74 Å². The molecule has 3 aromatic carbocycles. The Kier molecular flexibility index (Phi) is 6.18. The summed E-state index contributed by atoms with van der Waals surface area (Å²) in [6.07, 6.45) is 1.69. The van der Waals surface area contributed by atoms with Gasteiger partial charge in [0.15, 0.2) is 0 Å². The highest BCUT2D eigenvalue weighted by molar-refractivity contribution is 8.18. The van der Waals surface area contributed by atoms with Crippen LogP contribution in [0.3, 0.4) is 0 Å². The van der Waals surface area contributed by atoms with E-state index in [4.69, 9.17) is 4.74 Å². The van der Waals surface area contributed by atoms with Gasteiger partial charge in [0.1, 0.15) is 18.2 Å². The van der Waals surface area contributed by atoms with Gasteiger partial charge in [0.05, 0.1) is 11.4 Å². The summed E-state index contributed by atoms with van der Waals surface area (Å²) in [7, 11) is 0. The quantitative estimate of drug-likeness (QED) is 0.451. The molecule has 1 fully saturated rings. The number of hydrogen-bond acceptors (Lipinski definition) is 4. The number of aryl methyl sites for hydroxylation is 1. The molecule has 0 unspecified atom stereocenters. The van der Waals surface area contributed by atoms with Crippen LogP contribution < -0.4 is 4.74 Å². The number of imide groups is 1. The fourth-order valence-electron chi connectivity index (χ4n) is 3.11. The van der Waals surface area contributed by atoms with Crippen molar-refractivity contribution in [2.75, 3.05) is 0 Å². The lowest BCUT2D eigenvalue weighted by Crippen LogP contribution is -2.27. The Morgan fingerprint density at radius 1 is 0.968 bits per heavy atom. The van der Waals surface area contributed by atoms with Gasteiger partial charge in [0, 0.05) is 0 Å². The Morgan fingerprint density at radius 2 is 1.68 bits per heavy atom. The maximum absolute atomic E-state index is 13.1. The minimum absolute atomic E-state index is 0.113. The number of rotatable bonds is 6. The molecule has 0 spiro atoms. The lowest BCUT2D eigenvalue weighted by atomic mass is 10.1. The third-order valence-electron chi connectivity index (χ3n) is 4.81. The molecule has 3 aromatic rings. The molecule has 1 aliphatic rings. The molecule has 0 N–H and O–H groups in total. The predicted octanol–water partition coefficient (Wildman–Crippen LogP) is 5.95. The van der Waals surface area contributed by atoms with Crippen LogP contribution in [0.4, 0.5) is 9.18 Å². The second kappa shape index (κ2) is 9.18. The number of thioether (sulfide) groups is 1. The van der Waals surface area contributed by atoms with Crippen LogP contribution in [0, 0.1) is 12.7 Å². The van der Waals surface area contributed by atoms with E-state index < -0.39 is 0 Å². The molecule has 156 valence electrons. The number of amides is 2. The zero-order valence-corrected chi connectivity index (χ0v) is 17.7. The maximum atomic E-state index is 13.1. The van der Waals surface area contributed by atoms with Crippen LogP contribution in [-0.2, 0) is 17.9 Å². The summed E-state index contributed by atoms with van der Waals surface area (Å²) in [5.41, 5.74) is 3.72. The van der Waals surface area contributed by atoms with Gasteiger partial charge in [-0.3, -0.25) is 14.5 Å². The Morgan fingerprint density at radius 3 is 2.42 bits per heavy atom. The molecule has 1 aliphatic heterocycles. The smallest absolute Gasteiger partial charge is 0.293 e. The number of nitrogens with zero attached hydrogens (tertiary/aromatic N) is 1. The number of carbonyl (C=O) groups excluding carboxylic acids is 2. The molecule has 0 bridgehead atoms. The van der Waals surface area contributed by atoms with Gasteiger partial charge in [-0.25, -0.2) is 4.39 Å². The van der Waals surface area contributed by atoms with Crippen LogP contribution in [0.25, 0.3) is 6.08 Å². The SMILES string of the molecule is Cc1ccc(COc2cccc(/C=C3\SC(=O)N(Cc4ccc(F)cc4)C3=O)c2)cc1. The average molecular weight is 434 g/mol. The molecule has 0 aromatic heterocycles. The molecule has 0 atom stereocenters. The van der Waals surface area contributed by atoms with Crippen molar-refractivity contribution < 1.29 is 18.7 Å². The molecule has 0 aliphatic carbocycles. The van der Waals surface area contributed by atoms with E-state index in [0.29, 0.717) is 22.8 Å². The third-order valence-corrected chi connectivity index (χ3v) is 5.72. The highest BCUT2D eigenvalue weighted by Gasteiger charge is 2.34. The van der Waals surface area contributed by atoms with Crippen LogP contribution in [0.1, 0.15) is 22.3 Å². The normalized spacial score (nSPS) is 15.0. The van der Waals surface area contributed by atoms with Gasteiger partial charge in [-0.2, -0.15) is 0 Å². The Hall–Kier alpha value is -3.38. The monoisotopic (exact) mass is 433 g/mol. The first-order valence-electron chi connectivity index (χ1n) is 9.76. The van der Waals surface area contributed by atoms with Crippen molar-refractivity contribution in [1.82, 2.24) is 4.90 Å². The molecule has 4 nitrogen and oxygen atoms in total. The summed E-state index contributed by atoms with van der Waals surface area (Å²) in [6, 6.07) is 21.3. The molecular formula is C25H20FNO3S. The van der Waals surface area contributed by atoms with E-state index in [2.05, 4.69) is 0 Å². The van der Waals surface area contributed by atoms with Gasteiger partial charge in [0.25, 0.3) is 11.1 Å². The van der Waals surface area contributed by atoms with Crippen LogP contribution >= 0.6 is 11.8 Å². The van der Waals surface area contributed by atoms with Crippen molar-refractivity contribution in [2.45, 2.75) is 20.1 Å². The molecule has 4 rings (SSSR count). The second-order valence-corrected chi connectivity index (χ2v) is 8.23. The number of ether oxygens (including phenoxy) is 1. The molecule has 31 heavy (non-hydrogen) atoms. The molecule has 2 amide bonds. The summed E-state index contributed by atoms with van der Waals surface area (Å²) < 4.78 is 19.0. The highest BCUT2D eigenvalue weighted by atomic mass is 32.2. The Balaban J connectivity index is 1.44. The molecule has 1 saturated heterocycles. The van der Waals surface area contributed by atoms with Crippen molar-refractivity contribution in [3.8, 4) is 5.75 Å². The molecular weight excluding hydrogens is 413 g/mol. The Bertz CT molecular complexity index is 1140. The van der Waals surface area contributed by atoms with Crippen molar-refractivity contribution in [3.63, 3.8) is 0 Å². The first-order chi connectivity index (χ1) is 15.0. The molecule has 1 heterocycles. The van der Waals surface area contributed by atoms with Gasteiger partial charge in [-0.1, -0.05) is 54.1 Å². The topological polar surface area (TPSA) is 46.6 Å². The van der Waals surface area contributed by atoms with Gasteiger partial charge in [-0.05, 0) is 65.7 Å². The zero-order valence-electron chi connectivity index (χ0n) is 16.9. The number of benzene rings is 3. The number of hydrogen-bond donors (Lipinski definition) is 0. The number of halogens is 1. The lowest BCUT2D eigenvalue weighted by Gasteiger charge is -2.12. The lowest BCUT2D eigenvalue weighted by molar-refractivity contribution is -0.123. The summed E-state index contributed by atoms with van der Waals surface area (Å²) in [4.78, 5) is 26.6. The number of carbonyl (C=O) groups is 2. The van der Waals surface area contributed by atoms with Crippen LogP contribution in [0.5, 0.6) is 5.75 Å². The van der Waals surface area contributed by atoms with Gasteiger partial charge in [-0.15, -0.1) is 0 Å². The van der Waals surface area contributed by atoms with Crippen molar-refractivity contribution >= 4 is 29.0 Å². The molecule has 0 saturated carbocycles. The highest BCUT2D eigenvalue weighted by Crippen LogP contribution is 2.33. The first kappa shape index (κ1) is 20.9. The minimum atomic E-state index is -0.359. The molecule has 6 heteroatoms. The summed E-state index contributed by atoms with van der Waals surface area (Å²) in [5.74, 6) is -0.0348. The van der Waals surface area contributed by atoms with Crippen LogP contribution in [-0.4, -0.2) is 16.0 Å². The fourth-order valence-corrected chi connectivity index (χ4v) is 3.94. The Labute approximate surface area is 184 Å². The average Bonchev–Trinajstić information content (AvgIpc) is 3.02. The van der Waals surface area contributed by atoms with Crippen molar-refractivity contribution in [1.29, 1.82) is 0 Å². The largest absolute Gasteiger partial charge is 0.489 e. The van der Waals surface area contributed by atoms with E-state index >= 15 is 0 Å². The standard InChI is InChI=1S/C25H20FNO3S/c1-17-5-7-19(8-6-17)16-30-22-4-2-3-20(13-22)14-23-24(28)27(25(29)31-23)15-18-9-11-21(26)12-10-18/h2-14H,15-16H2,1H3/b23-14-. The fraction of sp³-hybridized carbons (Fsp3) is 0.120. The van der Waals surface area contributed by atoms with E-state index in [1.54, 1.807) is 18.2 Å². The van der Waals surface area contributed by atoms with E-state index in [1.165, 1.54) is 22.6 Å². The summed E-state index contributed by atoms with van der Waals surface area (Å²) in [5, 5.41) is -0.340. The van der Waals surface area contributed by atoms with E-state index in [-0.39, 0.29) is 23.5 Å². The summed E-state index contributed by atoms with van der Waals surface area (Å²) in [6.45, 7) is 2.59. The molecule has 0 radical (unpaired) electrons. The van der Waals surface area contributed by atoms with Crippen LogP contribution in [0.2, 0.25) is 0 Å². The van der Waals surface area contributed by atoms with Crippen LogP contribution in [0.15, 0.2) is 77.7 Å². The van der Waals surface area contributed by atoms with Gasteiger partial charge in [0.2, 0.25) is 0 Å². The second-order valence-electron chi connectivity index (χ2n) is 7.24. The van der Waals surface area contributed by atoms with E-state index in [0.717, 1.165) is 22.9 Å². The minimum Gasteiger partial charge on any atom is -0.489 e. The van der Waals surface area contributed by atoms with Gasteiger partial charge >= 0.3 is 0 Å².